The molecule has 11 nitrogen and oxygen atoms in total. The van der Waals surface area contributed by atoms with E-state index in [4.69, 9.17) is 0 Å². The molecule has 36 heavy (non-hydrogen) atoms. The molecule has 1 aliphatic heterocycles. The van der Waals surface area contributed by atoms with Gasteiger partial charge in [0, 0.05) is 50.8 Å². The van der Waals surface area contributed by atoms with Crippen LogP contribution in [-0.2, 0) is 13.0 Å². The second kappa shape index (κ2) is 13.3. The number of hydrogen-bond acceptors (Lipinski definition) is 9. The molecule has 3 aromatic heterocycles. The van der Waals surface area contributed by atoms with Gasteiger partial charge in [-0.1, -0.05) is 20.8 Å². The Morgan fingerprint density at radius 2 is 1.92 bits per heavy atom. The summed E-state index contributed by atoms with van der Waals surface area (Å²) in [6.07, 6.45) is 7.89. The number of nitrogens with zero attached hydrogens (tertiary/aromatic N) is 9. The van der Waals surface area contributed by atoms with Gasteiger partial charge in [0.05, 0.1) is 12.1 Å². The molecule has 11 heteroatoms. The zero-order valence-corrected chi connectivity index (χ0v) is 21.6. The van der Waals surface area contributed by atoms with Gasteiger partial charge in [0.1, 0.15) is 18.2 Å². The number of H-pyrrole nitrogens is 1. The maximum atomic E-state index is 11.0. The van der Waals surface area contributed by atoms with E-state index in [1.165, 1.54) is 11.0 Å². The van der Waals surface area contributed by atoms with Crippen molar-refractivity contribution < 1.29 is 0 Å². The molecule has 192 valence electrons. The molecule has 1 N–H and O–H groups in total. The van der Waals surface area contributed by atoms with Crippen molar-refractivity contribution in [3.63, 3.8) is 0 Å². The first kappa shape index (κ1) is 26.8. The Labute approximate surface area is 212 Å². The van der Waals surface area contributed by atoms with Crippen LogP contribution in [0.15, 0.2) is 41.8 Å². The predicted molar refractivity (Wildman–Crippen MR) is 140 cm³/mol. The average molecular weight is 493 g/mol. The number of hydrogen-bond donors (Lipinski definition) is 1. The van der Waals surface area contributed by atoms with Gasteiger partial charge < -0.3 is 14.7 Å². The van der Waals surface area contributed by atoms with Crippen LogP contribution in [0.3, 0.4) is 0 Å². The Morgan fingerprint density at radius 3 is 2.50 bits per heavy atom. The largest absolute Gasteiger partial charge is 0.349 e. The molecule has 0 aliphatic carbocycles. The zero-order valence-electron chi connectivity index (χ0n) is 21.6. The van der Waals surface area contributed by atoms with Crippen LogP contribution in [0.2, 0.25) is 0 Å². The number of aryl methyl sites for hydroxylation is 1. The van der Waals surface area contributed by atoms with Crippen LogP contribution in [0.4, 0.5) is 11.8 Å². The van der Waals surface area contributed by atoms with Crippen LogP contribution in [-0.4, -0.2) is 79.9 Å². The fourth-order valence-corrected chi connectivity index (χ4v) is 4.08. The first-order valence-corrected chi connectivity index (χ1v) is 12.5. The minimum atomic E-state index is -0.132. The highest BCUT2D eigenvalue weighted by molar-refractivity contribution is 5.55. The SMILES string of the molecule is CCN(CC)CCn1nc[nH]c1=O.CCc1cnc(N2CCN(c3ncccc3C#N)C(C)C2)nc1. The van der Waals surface area contributed by atoms with Crippen molar-refractivity contribution in [1.82, 2.24) is 34.6 Å². The average Bonchev–Trinajstić information content (AvgIpc) is 3.34. The molecule has 1 saturated heterocycles. The minimum absolute atomic E-state index is 0.132. The van der Waals surface area contributed by atoms with E-state index in [0.717, 1.165) is 63.0 Å². The summed E-state index contributed by atoms with van der Waals surface area (Å²) in [5, 5.41) is 13.1. The minimum Gasteiger partial charge on any atom is -0.349 e. The summed E-state index contributed by atoms with van der Waals surface area (Å²) in [7, 11) is 0. The number of aromatic amines is 1. The summed E-state index contributed by atoms with van der Waals surface area (Å²) >= 11 is 0. The van der Waals surface area contributed by atoms with Crippen molar-refractivity contribution in [1.29, 1.82) is 5.26 Å². The second-order valence-corrected chi connectivity index (χ2v) is 8.56. The van der Waals surface area contributed by atoms with Crippen molar-refractivity contribution in [2.75, 3.05) is 49.1 Å². The standard InChI is InChI=1S/C17H20N6.C8H16N4O/c1-3-14-10-20-17(21-11-14)22-7-8-23(13(2)12-22)16-15(9-18)5-4-6-19-16;1-3-11(4-2)5-6-12-8(13)9-7-10-12/h4-6,10-11,13H,3,7-8,12H2,1-2H3;7H,3-6H2,1-2H3,(H,9,10,13). The molecule has 4 rings (SSSR count). The third-order valence-electron chi connectivity index (χ3n) is 6.33. The normalized spacial score (nSPS) is 15.4. The molecule has 4 heterocycles. The highest BCUT2D eigenvalue weighted by Crippen LogP contribution is 2.23. The molecule has 0 radical (unpaired) electrons. The van der Waals surface area contributed by atoms with E-state index in [1.54, 1.807) is 12.3 Å². The van der Waals surface area contributed by atoms with E-state index in [1.807, 2.05) is 18.5 Å². The van der Waals surface area contributed by atoms with Gasteiger partial charge in [-0.2, -0.15) is 10.4 Å². The number of likely N-dealkylation sites (N-methyl/N-ethyl adjacent to an activating group) is 1. The first-order chi connectivity index (χ1) is 17.5. The second-order valence-electron chi connectivity index (χ2n) is 8.56. The Balaban J connectivity index is 0.000000236. The fourth-order valence-electron chi connectivity index (χ4n) is 4.08. The van der Waals surface area contributed by atoms with Crippen molar-refractivity contribution in [2.24, 2.45) is 0 Å². The number of nitrogens with one attached hydrogen (secondary N) is 1. The number of pyridine rings is 1. The lowest BCUT2D eigenvalue weighted by molar-refractivity contribution is 0.283. The molecule has 1 fully saturated rings. The predicted octanol–water partition coefficient (Wildman–Crippen LogP) is 1.93. The Bertz CT molecular complexity index is 1160. The topological polar surface area (TPSA) is 123 Å². The summed E-state index contributed by atoms with van der Waals surface area (Å²) < 4.78 is 1.44. The van der Waals surface area contributed by atoms with Gasteiger partial charge in [-0.25, -0.2) is 24.4 Å². The maximum Gasteiger partial charge on any atom is 0.343 e. The van der Waals surface area contributed by atoms with Crippen LogP contribution in [0.25, 0.3) is 0 Å². The third kappa shape index (κ3) is 6.88. The van der Waals surface area contributed by atoms with Gasteiger partial charge in [0.15, 0.2) is 0 Å². The van der Waals surface area contributed by atoms with Gasteiger partial charge in [0.25, 0.3) is 0 Å². The van der Waals surface area contributed by atoms with E-state index in [2.05, 4.69) is 73.5 Å². The lowest BCUT2D eigenvalue weighted by Gasteiger charge is -2.40. The van der Waals surface area contributed by atoms with Gasteiger partial charge in [0.2, 0.25) is 5.95 Å². The number of piperazine rings is 1. The van der Waals surface area contributed by atoms with E-state index >= 15 is 0 Å². The van der Waals surface area contributed by atoms with Crippen molar-refractivity contribution in [3.8, 4) is 6.07 Å². The molecule has 1 atom stereocenters. The summed E-state index contributed by atoms with van der Waals surface area (Å²) in [4.78, 5) is 33.5. The van der Waals surface area contributed by atoms with Crippen LogP contribution in [0.1, 0.15) is 38.8 Å². The van der Waals surface area contributed by atoms with E-state index in [0.29, 0.717) is 12.1 Å². The Morgan fingerprint density at radius 1 is 1.17 bits per heavy atom. The van der Waals surface area contributed by atoms with E-state index in [-0.39, 0.29) is 11.7 Å². The third-order valence-corrected chi connectivity index (χ3v) is 6.33. The molecule has 1 aliphatic rings. The van der Waals surface area contributed by atoms with Crippen LogP contribution in [0.5, 0.6) is 0 Å². The summed E-state index contributed by atoms with van der Waals surface area (Å²) in [6, 6.07) is 6.07. The van der Waals surface area contributed by atoms with Crippen molar-refractivity contribution in [3.05, 3.63) is 58.7 Å². The molecule has 0 spiro atoms. The lowest BCUT2D eigenvalue weighted by Crippen LogP contribution is -2.53. The summed E-state index contributed by atoms with van der Waals surface area (Å²) in [6.45, 7) is 14.4. The monoisotopic (exact) mass is 492 g/mol. The maximum absolute atomic E-state index is 11.0. The van der Waals surface area contributed by atoms with Crippen LogP contribution < -0.4 is 15.5 Å². The molecular weight excluding hydrogens is 456 g/mol. The van der Waals surface area contributed by atoms with E-state index < -0.39 is 0 Å². The van der Waals surface area contributed by atoms with Crippen LogP contribution in [0, 0.1) is 11.3 Å². The first-order valence-electron chi connectivity index (χ1n) is 12.5. The number of rotatable bonds is 8. The van der Waals surface area contributed by atoms with Crippen molar-refractivity contribution in [2.45, 2.75) is 46.7 Å². The highest BCUT2D eigenvalue weighted by atomic mass is 16.1. The van der Waals surface area contributed by atoms with Gasteiger partial charge in [-0.05, 0) is 44.1 Å². The quantitative estimate of drug-likeness (QED) is 0.502. The molecule has 0 aromatic carbocycles. The molecule has 0 bridgehead atoms. The highest BCUT2D eigenvalue weighted by Gasteiger charge is 2.27. The summed E-state index contributed by atoms with van der Waals surface area (Å²) in [5.74, 6) is 1.54. The van der Waals surface area contributed by atoms with Crippen LogP contribution >= 0.6 is 0 Å². The van der Waals surface area contributed by atoms with Gasteiger partial charge >= 0.3 is 5.69 Å². The van der Waals surface area contributed by atoms with Gasteiger partial charge in [-0.15, -0.1) is 0 Å². The number of nitriles is 1. The molecule has 0 saturated carbocycles. The Hall–Kier alpha value is -3.78. The van der Waals surface area contributed by atoms with Gasteiger partial charge in [-0.3, -0.25) is 4.98 Å². The molecule has 0 amide bonds. The smallest absolute Gasteiger partial charge is 0.343 e. The molecule has 1 unspecified atom stereocenters. The van der Waals surface area contributed by atoms with Crippen molar-refractivity contribution >= 4 is 11.8 Å². The van der Waals surface area contributed by atoms with E-state index in [9.17, 15) is 10.1 Å². The molecule has 3 aromatic rings. The number of anilines is 2. The Kier molecular flexibility index (Phi) is 9.94. The fraction of sp³-hybridized carbons (Fsp3) is 0.520. The zero-order chi connectivity index (χ0) is 25.9. The summed E-state index contributed by atoms with van der Waals surface area (Å²) in [5.41, 5.74) is 1.64. The number of aromatic nitrogens is 6. The molecular formula is C25H36N10O. The lowest BCUT2D eigenvalue weighted by atomic mass is 10.1.